The highest BCUT2D eigenvalue weighted by Gasteiger charge is 2.22. The van der Waals surface area contributed by atoms with Gasteiger partial charge in [0.2, 0.25) is 5.91 Å². The fourth-order valence-corrected chi connectivity index (χ4v) is 2.83. The Bertz CT molecular complexity index is 473. The topological polar surface area (TPSA) is 50.8 Å². The van der Waals surface area contributed by atoms with Crippen molar-refractivity contribution in [3.8, 4) is 5.75 Å². The molecule has 1 heterocycles. The summed E-state index contributed by atoms with van der Waals surface area (Å²) in [7, 11) is 1.64. The Kier molecular flexibility index (Phi) is 6.68. The van der Waals surface area contributed by atoms with E-state index in [0.717, 1.165) is 43.9 Å². The van der Waals surface area contributed by atoms with Crippen molar-refractivity contribution in [3.05, 3.63) is 29.8 Å². The van der Waals surface area contributed by atoms with Gasteiger partial charge in [-0.15, -0.1) is 0 Å². The lowest BCUT2D eigenvalue weighted by molar-refractivity contribution is -0.123. The first-order chi connectivity index (χ1) is 10.7. The second-order valence-electron chi connectivity index (χ2n) is 5.50. The molecule has 0 unspecified atom stereocenters. The molecule has 0 saturated carbocycles. The van der Waals surface area contributed by atoms with Crippen molar-refractivity contribution in [2.75, 3.05) is 33.4 Å². The monoisotopic (exact) mass is 306 g/mol. The molecule has 0 radical (unpaired) electrons. The number of likely N-dealkylation sites (N-methyl/N-ethyl adjacent to an activating group) is 1. The minimum absolute atomic E-state index is 0.0549. The maximum atomic E-state index is 12.2. The zero-order chi connectivity index (χ0) is 15.8. The maximum absolute atomic E-state index is 12.2. The lowest BCUT2D eigenvalue weighted by Crippen LogP contribution is -2.45. The molecule has 1 saturated heterocycles. The molecule has 1 amide bonds. The van der Waals surface area contributed by atoms with Crippen molar-refractivity contribution in [1.29, 1.82) is 0 Å². The van der Waals surface area contributed by atoms with Gasteiger partial charge in [0.05, 0.1) is 13.7 Å². The SMILES string of the molecule is CCN(CC(=O)NCc1ccccc1OC)C1CCOCC1. The summed E-state index contributed by atoms with van der Waals surface area (Å²) >= 11 is 0. The van der Waals surface area contributed by atoms with Gasteiger partial charge in [-0.05, 0) is 25.5 Å². The average Bonchev–Trinajstić information content (AvgIpc) is 2.58. The summed E-state index contributed by atoms with van der Waals surface area (Å²) in [5.41, 5.74) is 0.993. The van der Waals surface area contributed by atoms with Crippen LogP contribution in [0.2, 0.25) is 0 Å². The fourth-order valence-electron chi connectivity index (χ4n) is 2.83. The molecule has 122 valence electrons. The molecule has 0 spiro atoms. The molecule has 1 aliphatic heterocycles. The number of rotatable bonds is 7. The van der Waals surface area contributed by atoms with Crippen LogP contribution in [0.5, 0.6) is 5.75 Å². The van der Waals surface area contributed by atoms with Gasteiger partial charge >= 0.3 is 0 Å². The predicted octanol–water partition coefficient (Wildman–Crippen LogP) is 1.81. The van der Waals surface area contributed by atoms with Crippen molar-refractivity contribution in [3.63, 3.8) is 0 Å². The summed E-state index contributed by atoms with van der Waals surface area (Å²) in [6.45, 7) is 5.51. The van der Waals surface area contributed by atoms with Gasteiger partial charge in [-0.25, -0.2) is 0 Å². The minimum Gasteiger partial charge on any atom is -0.496 e. The average molecular weight is 306 g/mol. The molecule has 1 fully saturated rings. The van der Waals surface area contributed by atoms with Gasteiger partial charge in [0.1, 0.15) is 5.75 Å². The second-order valence-corrected chi connectivity index (χ2v) is 5.50. The first-order valence-corrected chi connectivity index (χ1v) is 7.95. The second kappa shape index (κ2) is 8.76. The molecule has 0 atom stereocenters. The molecule has 5 nitrogen and oxygen atoms in total. The summed E-state index contributed by atoms with van der Waals surface area (Å²) in [6, 6.07) is 8.20. The van der Waals surface area contributed by atoms with Gasteiger partial charge in [0.25, 0.3) is 0 Å². The molecule has 1 aromatic carbocycles. The van der Waals surface area contributed by atoms with Crippen molar-refractivity contribution in [1.82, 2.24) is 10.2 Å². The lowest BCUT2D eigenvalue weighted by atomic mass is 10.1. The van der Waals surface area contributed by atoms with Crippen LogP contribution in [-0.2, 0) is 16.1 Å². The van der Waals surface area contributed by atoms with Crippen LogP contribution in [0.4, 0.5) is 0 Å². The molecule has 5 heteroatoms. The largest absolute Gasteiger partial charge is 0.496 e. The highest BCUT2D eigenvalue weighted by Crippen LogP contribution is 2.17. The summed E-state index contributed by atoms with van der Waals surface area (Å²) in [5.74, 6) is 0.860. The van der Waals surface area contributed by atoms with Gasteiger partial charge < -0.3 is 14.8 Å². The Labute approximate surface area is 132 Å². The van der Waals surface area contributed by atoms with E-state index in [9.17, 15) is 4.79 Å². The van der Waals surface area contributed by atoms with Crippen LogP contribution < -0.4 is 10.1 Å². The van der Waals surface area contributed by atoms with Crippen LogP contribution in [0.25, 0.3) is 0 Å². The normalized spacial score (nSPS) is 15.8. The number of carbonyl (C=O) groups is 1. The zero-order valence-corrected chi connectivity index (χ0v) is 13.5. The van der Waals surface area contributed by atoms with E-state index in [4.69, 9.17) is 9.47 Å². The van der Waals surface area contributed by atoms with Gasteiger partial charge in [-0.1, -0.05) is 25.1 Å². The third kappa shape index (κ3) is 4.71. The summed E-state index contributed by atoms with van der Waals surface area (Å²) in [6.07, 6.45) is 2.02. The molecule has 1 N–H and O–H groups in total. The number of ether oxygens (including phenoxy) is 2. The Morgan fingerprint density at radius 3 is 2.77 bits per heavy atom. The number of hydrogen-bond acceptors (Lipinski definition) is 4. The Morgan fingerprint density at radius 2 is 2.09 bits per heavy atom. The van der Waals surface area contributed by atoms with Gasteiger partial charge in [0.15, 0.2) is 0 Å². The fraction of sp³-hybridized carbons (Fsp3) is 0.588. The maximum Gasteiger partial charge on any atom is 0.234 e. The van der Waals surface area contributed by atoms with E-state index in [0.29, 0.717) is 19.1 Å². The predicted molar refractivity (Wildman–Crippen MR) is 85.9 cm³/mol. The van der Waals surface area contributed by atoms with E-state index < -0.39 is 0 Å². The van der Waals surface area contributed by atoms with Gasteiger partial charge in [0, 0.05) is 31.4 Å². The van der Waals surface area contributed by atoms with Crippen molar-refractivity contribution >= 4 is 5.91 Å². The molecule has 1 aromatic rings. The smallest absolute Gasteiger partial charge is 0.234 e. The standard InChI is InChI=1S/C17H26N2O3/c1-3-19(15-8-10-22-11-9-15)13-17(20)18-12-14-6-4-5-7-16(14)21-2/h4-7,15H,3,8-13H2,1-2H3,(H,18,20). The van der Waals surface area contributed by atoms with Crippen LogP contribution in [0.1, 0.15) is 25.3 Å². The van der Waals surface area contributed by atoms with Crippen LogP contribution >= 0.6 is 0 Å². The Balaban J connectivity index is 1.83. The van der Waals surface area contributed by atoms with E-state index in [2.05, 4.69) is 17.1 Å². The molecule has 22 heavy (non-hydrogen) atoms. The Morgan fingerprint density at radius 1 is 1.36 bits per heavy atom. The minimum atomic E-state index is 0.0549. The molecule has 0 bridgehead atoms. The quantitative estimate of drug-likeness (QED) is 0.835. The molecule has 1 aliphatic rings. The number of hydrogen-bond donors (Lipinski definition) is 1. The van der Waals surface area contributed by atoms with E-state index in [1.807, 2.05) is 24.3 Å². The number of para-hydroxylation sites is 1. The zero-order valence-electron chi connectivity index (χ0n) is 13.5. The molecule has 2 rings (SSSR count). The highest BCUT2D eigenvalue weighted by molar-refractivity contribution is 5.78. The van der Waals surface area contributed by atoms with E-state index in [1.54, 1.807) is 7.11 Å². The van der Waals surface area contributed by atoms with Crippen molar-refractivity contribution in [2.45, 2.75) is 32.4 Å². The number of amides is 1. The van der Waals surface area contributed by atoms with Gasteiger partial charge in [-0.3, -0.25) is 9.69 Å². The third-order valence-corrected chi connectivity index (χ3v) is 4.13. The number of carbonyl (C=O) groups excluding carboxylic acids is 1. The Hall–Kier alpha value is -1.59. The van der Waals surface area contributed by atoms with Crippen LogP contribution in [-0.4, -0.2) is 50.3 Å². The summed E-state index contributed by atoms with van der Waals surface area (Å²) < 4.78 is 10.7. The first kappa shape index (κ1) is 16.8. The highest BCUT2D eigenvalue weighted by atomic mass is 16.5. The van der Waals surface area contributed by atoms with Crippen molar-refractivity contribution < 1.29 is 14.3 Å². The summed E-state index contributed by atoms with van der Waals surface area (Å²) in [5, 5.41) is 2.99. The van der Waals surface area contributed by atoms with E-state index in [-0.39, 0.29) is 5.91 Å². The lowest BCUT2D eigenvalue weighted by Gasteiger charge is -2.32. The van der Waals surface area contributed by atoms with Crippen molar-refractivity contribution in [2.24, 2.45) is 0 Å². The van der Waals surface area contributed by atoms with Gasteiger partial charge in [-0.2, -0.15) is 0 Å². The molecule has 0 aliphatic carbocycles. The van der Waals surface area contributed by atoms with Crippen LogP contribution in [0.3, 0.4) is 0 Å². The third-order valence-electron chi connectivity index (χ3n) is 4.13. The molecular formula is C17H26N2O3. The first-order valence-electron chi connectivity index (χ1n) is 7.95. The number of nitrogens with one attached hydrogen (secondary N) is 1. The molecule has 0 aromatic heterocycles. The molecular weight excluding hydrogens is 280 g/mol. The van der Waals surface area contributed by atoms with E-state index in [1.165, 1.54) is 0 Å². The van der Waals surface area contributed by atoms with E-state index >= 15 is 0 Å². The number of benzene rings is 1. The number of methoxy groups -OCH3 is 1. The number of nitrogens with zero attached hydrogens (tertiary/aromatic N) is 1. The van der Waals surface area contributed by atoms with Crippen LogP contribution in [0, 0.1) is 0 Å². The van der Waals surface area contributed by atoms with Crippen LogP contribution in [0.15, 0.2) is 24.3 Å². The summed E-state index contributed by atoms with van der Waals surface area (Å²) in [4.78, 5) is 14.4.